The van der Waals surface area contributed by atoms with Gasteiger partial charge in [0.1, 0.15) is 54.2 Å². The number of aliphatic hydroxyl groups excluding tert-OH is 3. The number of fused-ring (bicyclic) bond motifs is 6. The molecule has 0 aromatic rings. The van der Waals surface area contributed by atoms with Crippen LogP contribution in [0.15, 0.2) is 71.9 Å². The van der Waals surface area contributed by atoms with Crippen molar-refractivity contribution in [1.29, 1.82) is 0 Å². The summed E-state index contributed by atoms with van der Waals surface area (Å²) < 4.78 is 66.1. The highest BCUT2D eigenvalue weighted by molar-refractivity contribution is 6.63. The van der Waals surface area contributed by atoms with Gasteiger partial charge in [0.2, 0.25) is 16.8 Å². The van der Waals surface area contributed by atoms with Gasteiger partial charge >= 0.3 is 17.9 Å². The summed E-state index contributed by atoms with van der Waals surface area (Å²) in [6.45, 7) is 36.7. The maximum absolute atomic E-state index is 14.6. The van der Waals surface area contributed by atoms with Crippen LogP contribution in [-0.2, 0) is 100 Å². The Kier molecular flexibility index (Phi) is 50.6. The van der Waals surface area contributed by atoms with Gasteiger partial charge in [0.15, 0.2) is 0 Å². The quantitative estimate of drug-likeness (QED) is 0.0208. The lowest BCUT2D eigenvalue weighted by Gasteiger charge is -2.47. The number of cyclic esters (lactones) is 2. The van der Waals surface area contributed by atoms with E-state index in [0.29, 0.717) is 127 Å². The van der Waals surface area contributed by atoms with Crippen LogP contribution >= 0.6 is 24.0 Å². The number of ketones is 4. The van der Waals surface area contributed by atoms with Gasteiger partial charge in [-0.2, -0.15) is 0 Å². The van der Waals surface area contributed by atoms with E-state index in [1.54, 1.807) is 54.1 Å². The van der Waals surface area contributed by atoms with Gasteiger partial charge in [0.25, 0.3) is 23.4 Å². The summed E-state index contributed by atoms with van der Waals surface area (Å²) in [7, 11) is 13.5. The molecule has 8 fully saturated rings. The highest BCUT2D eigenvalue weighted by Gasteiger charge is 2.59. The number of methoxy groups -OCH3 is 6. The van der Waals surface area contributed by atoms with Crippen molar-refractivity contribution in [2.45, 2.75) is 345 Å². The molecule has 28 atom stereocenters. The Morgan fingerprint density at radius 2 is 0.843 bits per heavy atom. The summed E-state index contributed by atoms with van der Waals surface area (Å²) in [5, 5.41) is 58.0. The zero-order valence-electron chi connectivity index (χ0n) is 87.0. The second-order valence-corrected chi connectivity index (χ2v) is 42.3. The van der Waals surface area contributed by atoms with Gasteiger partial charge in [-0.3, -0.25) is 38.4 Å². The van der Waals surface area contributed by atoms with Crippen molar-refractivity contribution in [2.75, 3.05) is 135 Å². The van der Waals surface area contributed by atoms with E-state index in [2.05, 4.69) is 46.9 Å². The molecule has 2 amide bonds. The standard InChI is InChI=1S/C53H85N3O13.C44H69NO12.C9H17ClN2O.ClH/c1-11-15-39-27-33(2)26-34(3)28-45(65-9)49-46(66-10)30-36(5)53(63,69-49)50(60)51(61)56-21-13-12-16-40(56)52(62)68-48(37(6)41(57)32-42(39)58)35(4)29-38-18-19-43(44(31-38)64-8)67-47(59)17-14-20-55-24-22-54(7)23-25-55;1-10-13-31-19-25(2)18-26(3)20-37(54-8)40-38(55-9)22-28(5)44(52,57-40)41(49)42(50)45-17-12-11-14-32(45)43(51)56-39(29(6)34(47)24-35(31)48)27(4)21-30-15-16-33(46)36(23-30)53-7;1-11-5-7-12(8-6-11)4-2-3-9(10)13;/h11,27,29,34,36-41,43-46,48-49,57,63H,1,12-26,28,30-32H2,2-10H3;10,19,21,26,28-34,36-40,46-47,52H,1,11-18,20,22-24H2,2-9H3;2-8H2,1H3;1H/b33-27+,35-29+;25-19+,27-21+;;/t34-,36+,37+,38-,39+,40?,41-,43+,44+,45-,46-,48+,49+,53+;26-,28+,29+,30-,31+,32?,33+,34-,36+,37-,38-,39+,40+,44+;;/m00../s1. The number of esters is 3. The van der Waals surface area contributed by atoms with E-state index in [-0.39, 0.29) is 123 Å². The molecule has 2 saturated carbocycles. The molecule has 0 aromatic heterocycles. The topological polar surface area (TPSA) is 393 Å². The lowest BCUT2D eigenvalue weighted by Crippen LogP contribution is -2.64. The number of carbonyl (C=O) groups is 10. The van der Waals surface area contributed by atoms with Gasteiger partial charge in [-0.1, -0.05) is 89.1 Å². The van der Waals surface area contributed by atoms with E-state index < -0.39 is 168 Å². The first-order chi connectivity index (χ1) is 66.0. The second-order valence-electron chi connectivity index (χ2n) is 41.9. The van der Waals surface area contributed by atoms with E-state index in [1.165, 1.54) is 38.2 Å². The van der Waals surface area contributed by atoms with E-state index in [1.807, 2.05) is 65.8 Å². The Labute approximate surface area is 844 Å². The van der Waals surface area contributed by atoms with Crippen LogP contribution in [0.5, 0.6) is 0 Å². The molecule has 32 nitrogen and oxygen atoms in total. The molecule has 4 bridgehead atoms. The highest BCUT2D eigenvalue weighted by Crippen LogP contribution is 2.44. The molecule has 34 heteroatoms. The number of halogens is 2. The number of hydrogen-bond acceptors (Lipinski definition) is 30. The first-order valence-electron chi connectivity index (χ1n) is 51.3. The largest absolute Gasteiger partial charge is 0.460 e. The van der Waals surface area contributed by atoms with Gasteiger partial charge in [0.05, 0.1) is 54.9 Å². The molecule has 8 aliphatic heterocycles. The fourth-order valence-corrected chi connectivity index (χ4v) is 22.4. The average molecular weight is 2020 g/mol. The smallest absolute Gasteiger partial charge is 0.329 e. The zero-order chi connectivity index (χ0) is 102. The Bertz CT molecular complexity index is 4140. The number of hydrogen-bond donors (Lipinski definition) is 5. The molecule has 2 unspecified atom stereocenters. The molecule has 0 radical (unpaired) electrons. The lowest BCUT2D eigenvalue weighted by atomic mass is 9.81. The maximum Gasteiger partial charge on any atom is 0.329 e. The Balaban J connectivity index is 0.000000338. The Morgan fingerprint density at radius 3 is 1.22 bits per heavy atom. The predicted molar refractivity (Wildman–Crippen MR) is 534 cm³/mol. The van der Waals surface area contributed by atoms with Crippen LogP contribution in [0.2, 0.25) is 0 Å². The molecule has 5 N–H and O–H groups in total. The van der Waals surface area contributed by atoms with Crippen molar-refractivity contribution in [2.24, 2.45) is 59.2 Å². The third-order valence-corrected chi connectivity index (χ3v) is 31.1. The molecule has 2 aliphatic carbocycles. The van der Waals surface area contributed by atoms with Crippen molar-refractivity contribution in [3.05, 3.63) is 71.9 Å². The number of carbonyl (C=O) groups excluding carboxylic acids is 10. The first-order valence-corrected chi connectivity index (χ1v) is 51.7. The zero-order valence-corrected chi connectivity index (χ0v) is 88.6. The van der Waals surface area contributed by atoms with Crippen molar-refractivity contribution >= 4 is 82.1 Å². The monoisotopic (exact) mass is 2020 g/mol. The average Bonchev–Trinajstić information content (AvgIpc) is 0.776. The summed E-state index contributed by atoms with van der Waals surface area (Å²) in [6.07, 6.45) is 12.3. The highest BCUT2D eigenvalue weighted by atomic mass is 35.5. The number of ether oxygens (including phenoxy) is 11. The van der Waals surface area contributed by atoms with Gasteiger partial charge in [0, 0.05) is 169 Å². The van der Waals surface area contributed by atoms with Gasteiger partial charge in [-0.05, 0) is 243 Å². The third kappa shape index (κ3) is 34.1. The molecule has 6 saturated heterocycles. The van der Waals surface area contributed by atoms with E-state index >= 15 is 0 Å². The minimum Gasteiger partial charge on any atom is -0.460 e. The summed E-state index contributed by atoms with van der Waals surface area (Å²) in [5.41, 5.74) is 3.20. The molecule has 0 aromatic carbocycles. The third-order valence-electron chi connectivity index (χ3n) is 30.9. The summed E-state index contributed by atoms with van der Waals surface area (Å²) >= 11 is 5.25. The van der Waals surface area contributed by atoms with Crippen LogP contribution < -0.4 is 0 Å². The number of allylic oxidation sites excluding steroid dienone is 8. The molecule has 10 rings (SSSR count). The number of aliphatic hydroxyl groups is 5. The fourth-order valence-electron chi connectivity index (χ4n) is 22.2. The maximum atomic E-state index is 14.6. The summed E-state index contributed by atoms with van der Waals surface area (Å²) in [5.74, 6) is -15.9. The molecular weight excluding hydrogens is 1840 g/mol. The number of piperidine rings is 2. The molecule has 10 aliphatic rings. The van der Waals surface area contributed by atoms with Crippen LogP contribution in [0.25, 0.3) is 0 Å². The molecule has 0 spiro atoms. The van der Waals surface area contributed by atoms with E-state index in [0.717, 1.165) is 89.4 Å². The first kappa shape index (κ1) is 121. The van der Waals surface area contributed by atoms with Crippen LogP contribution in [0.4, 0.5) is 0 Å². The number of rotatable bonds is 23. The van der Waals surface area contributed by atoms with E-state index in [4.69, 9.17) is 63.7 Å². The molecule has 8 heterocycles. The number of likely N-dealkylation sites (N-methyl/N-ethyl adjacent to an activating group) is 2. The van der Waals surface area contributed by atoms with Crippen LogP contribution in [-0.4, -0.2) is 357 Å². The Morgan fingerprint density at radius 1 is 0.471 bits per heavy atom. The summed E-state index contributed by atoms with van der Waals surface area (Å²) in [6, 6.07) is -2.31. The van der Waals surface area contributed by atoms with E-state index in [9.17, 15) is 73.5 Å². The SMILES string of the molecule is C=CC[C@@H]1/C=C(\C)C[C@H](C)C[C@H](OC)[C@H]2O[C@@](O)(C(=O)C(=O)N3CCCCC3C(=O)O[C@H](/C(C)=C/[C@@H]3CC[C@@H](O)[C@H](OC)C3)[C@H](C)[C@@H](O)CC1=O)[C@H](C)C[C@@H]2OC.C=CC[C@@H]1/C=C(\C)C[C@H](C)C[C@H](OC)[C@H]2O[C@@](O)(C(=O)C(=O)N3CCCCC3C(=O)O[C@H](/C(C)=C/[C@@H]3CC[C@@H](OC(=O)CCCN4CCN(C)CC4)[C@H](OC)C3)[C@H](C)[C@@H](O)CC1=O)[C@H](C)C[C@@H]2OC.CN1CCN(CCCC(=O)Cl)CC1.Cl. The number of nitrogens with zero attached hydrogens (tertiary/aromatic N) is 6. The minimum atomic E-state index is -2.53. The number of Topliss-reactive ketones (excluding diaryl/α,β-unsaturated/α-hetero) is 4. The van der Waals surface area contributed by atoms with Gasteiger partial charge in [-0.25, -0.2) is 9.59 Å². The molecular formula is C106H172Cl2N6O26. The van der Waals surface area contributed by atoms with Crippen molar-refractivity contribution < 1.29 is 126 Å². The minimum absolute atomic E-state index is 0. The van der Waals surface area contributed by atoms with Crippen molar-refractivity contribution in [3.8, 4) is 0 Å². The van der Waals surface area contributed by atoms with Gasteiger partial charge < -0.3 is 107 Å². The number of amides is 2. The fraction of sp³-hybridized carbons (Fsp3) is 0.792. The van der Waals surface area contributed by atoms with Crippen LogP contribution in [0.3, 0.4) is 0 Å². The number of piperazine rings is 2. The summed E-state index contributed by atoms with van der Waals surface area (Å²) in [4.78, 5) is 149. The Hall–Kier alpha value is -5.96. The van der Waals surface area contributed by atoms with Gasteiger partial charge in [-0.15, -0.1) is 25.6 Å². The second kappa shape index (κ2) is 58.5. The lowest BCUT2D eigenvalue weighted by molar-refractivity contribution is -0.302. The predicted octanol–water partition coefficient (Wildman–Crippen LogP) is 11.1. The van der Waals surface area contributed by atoms with Crippen molar-refractivity contribution in [3.63, 3.8) is 0 Å². The van der Waals surface area contributed by atoms with Crippen molar-refractivity contribution in [1.82, 2.24) is 29.4 Å². The van der Waals surface area contributed by atoms with Crippen LogP contribution in [0.1, 0.15) is 236 Å². The molecule has 140 heavy (non-hydrogen) atoms. The normalized spacial score (nSPS) is 37.2. The van der Waals surface area contributed by atoms with Crippen LogP contribution in [0, 0.1) is 59.2 Å². The molecule has 796 valence electrons.